The van der Waals surface area contributed by atoms with E-state index in [1.807, 2.05) is 0 Å². The second kappa shape index (κ2) is 4.24. The van der Waals surface area contributed by atoms with E-state index in [4.69, 9.17) is 10.5 Å². The van der Waals surface area contributed by atoms with Gasteiger partial charge in [-0.15, -0.1) is 0 Å². The van der Waals surface area contributed by atoms with Crippen LogP contribution in [0, 0.1) is 5.92 Å². The van der Waals surface area contributed by atoms with Crippen molar-refractivity contribution < 1.29 is 4.74 Å². The Kier molecular flexibility index (Phi) is 2.99. The van der Waals surface area contributed by atoms with Crippen LogP contribution in [0.1, 0.15) is 71.1 Å². The van der Waals surface area contributed by atoms with Gasteiger partial charge in [-0.1, -0.05) is 19.8 Å². The van der Waals surface area contributed by atoms with Crippen molar-refractivity contribution in [3.8, 4) is 0 Å². The van der Waals surface area contributed by atoms with Crippen LogP contribution in [0.25, 0.3) is 0 Å². The summed E-state index contributed by atoms with van der Waals surface area (Å²) in [5.74, 6) is 0.821. The first-order chi connectivity index (χ1) is 8.09. The minimum Gasteiger partial charge on any atom is -0.372 e. The lowest BCUT2D eigenvalue weighted by Gasteiger charge is -2.29. The maximum Gasteiger partial charge on any atom is 0.0687 e. The highest BCUT2D eigenvalue weighted by Crippen LogP contribution is 2.46. The van der Waals surface area contributed by atoms with Gasteiger partial charge in [0.2, 0.25) is 0 Å². The van der Waals surface area contributed by atoms with E-state index in [2.05, 4.69) is 6.92 Å². The predicted molar refractivity (Wildman–Crippen MR) is 69.9 cm³/mol. The van der Waals surface area contributed by atoms with Crippen molar-refractivity contribution in [1.82, 2.24) is 0 Å². The average molecular weight is 237 g/mol. The normalized spacial score (nSPS) is 44.8. The van der Waals surface area contributed by atoms with Crippen LogP contribution in [0.3, 0.4) is 0 Å². The van der Waals surface area contributed by atoms with Gasteiger partial charge < -0.3 is 10.5 Å². The molecule has 3 fully saturated rings. The van der Waals surface area contributed by atoms with E-state index in [1.54, 1.807) is 0 Å². The summed E-state index contributed by atoms with van der Waals surface area (Å²) in [6.07, 6.45) is 13.2. The Morgan fingerprint density at radius 2 is 1.88 bits per heavy atom. The molecule has 0 amide bonds. The summed E-state index contributed by atoms with van der Waals surface area (Å²) < 4.78 is 6.39. The average Bonchev–Trinajstić information content (AvgIpc) is 2.94. The molecule has 0 aromatic heterocycles. The lowest BCUT2D eigenvalue weighted by molar-refractivity contribution is -0.0459. The van der Waals surface area contributed by atoms with Crippen LogP contribution in [0.5, 0.6) is 0 Å². The van der Waals surface area contributed by atoms with Crippen molar-refractivity contribution in [2.75, 3.05) is 0 Å². The standard InChI is InChI=1S/C15H27NO/c1-12-4-8-14(16,10-12)11-13-5-9-15(17-13)6-2-3-7-15/h12-13H,2-11,16H2,1H3. The van der Waals surface area contributed by atoms with Gasteiger partial charge in [0, 0.05) is 5.54 Å². The quantitative estimate of drug-likeness (QED) is 0.799. The molecule has 1 heterocycles. The lowest BCUT2D eigenvalue weighted by atomic mass is 9.89. The van der Waals surface area contributed by atoms with Gasteiger partial charge in [-0.05, 0) is 57.3 Å². The first-order valence-electron chi connectivity index (χ1n) is 7.56. The summed E-state index contributed by atoms with van der Waals surface area (Å²) in [5.41, 5.74) is 6.91. The van der Waals surface area contributed by atoms with Gasteiger partial charge >= 0.3 is 0 Å². The molecule has 17 heavy (non-hydrogen) atoms. The fourth-order valence-electron chi connectivity index (χ4n) is 4.50. The third-order valence-corrected chi connectivity index (χ3v) is 5.38. The summed E-state index contributed by atoms with van der Waals surface area (Å²) in [7, 11) is 0. The van der Waals surface area contributed by atoms with Crippen LogP contribution in [-0.4, -0.2) is 17.2 Å². The van der Waals surface area contributed by atoms with Gasteiger partial charge in [0.1, 0.15) is 0 Å². The molecular weight excluding hydrogens is 210 g/mol. The molecule has 0 radical (unpaired) electrons. The minimum atomic E-state index is 0.0915. The molecule has 2 N–H and O–H groups in total. The number of rotatable bonds is 2. The maximum atomic E-state index is 6.54. The summed E-state index contributed by atoms with van der Waals surface area (Å²) in [6.45, 7) is 2.34. The van der Waals surface area contributed by atoms with Crippen molar-refractivity contribution in [2.45, 2.75) is 88.4 Å². The molecule has 3 unspecified atom stereocenters. The zero-order valence-electron chi connectivity index (χ0n) is 11.2. The molecule has 2 heteroatoms. The molecule has 1 spiro atoms. The minimum absolute atomic E-state index is 0.0915. The van der Waals surface area contributed by atoms with Crippen LogP contribution < -0.4 is 5.73 Å². The Bertz CT molecular complexity index is 285. The molecule has 0 aromatic carbocycles. The van der Waals surface area contributed by atoms with E-state index in [0.717, 1.165) is 12.3 Å². The third-order valence-electron chi connectivity index (χ3n) is 5.38. The summed E-state index contributed by atoms with van der Waals surface area (Å²) in [5, 5.41) is 0. The summed E-state index contributed by atoms with van der Waals surface area (Å²) in [6, 6.07) is 0. The van der Waals surface area contributed by atoms with Crippen LogP contribution >= 0.6 is 0 Å². The maximum absolute atomic E-state index is 6.54. The molecule has 1 aliphatic heterocycles. The SMILES string of the molecule is CC1CCC(N)(CC2CCC3(CCCC3)O2)C1. The van der Waals surface area contributed by atoms with Gasteiger partial charge in [-0.2, -0.15) is 0 Å². The third kappa shape index (κ3) is 2.39. The molecule has 98 valence electrons. The fraction of sp³-hybridized carbons (Fsp3) is 1.00. The van der Waals surface area contributed by atoms with E-state index in [0.29, 0.717) is 6.10 Å². The van der Waals surface area contributed by atoms with E-state index >= 15 is 0 Å². The molecule has 2 nitrogen and oxygen atoms in total. The predicted octanol–water partition coefficient (Wildman–Crippen LogP) is 3.39. The topological polar surface area (TPSA) is 35.2 Å². The zero-order chi connectivity index (χ0) is 11.9. The van der Waals surface area contributed by atoms with Gasteiger partial charge in [0.25, 0.3) is 0 Å². The smallest absolute Gasteiger partial charge is 0.0687 e. The van der Waals surface area contributed by atoms with Crippen molar-refractivity contribution in [2.24, 2.45) is 11.7 Å². The molecule has 0 aromatic rings. The van der Waals surface area contributed by atoms with Crippen LogP contribution in [-0.2, 0) is 4.74 Å². The monoisotopic (exact) mass is 237 g/mol. The number of nitrogens with two attached hydrogens (primary N) is 1. The number of ether oxygens (including phenoxy) is 1. The molecule has 3 aliphatic rings. The Labute approximate surface area is 105 Å². The number of hydrogen-bond acceptors (Lipinski definition) is 2. The second-order valence-electron chi connectivity index (χ2n) is 7.08. The largest absolute Gasteiger partial charge is 0.372 e. The highest BCUT2D eigenvalue weighted by Gasteiger charge is 2.45. The van der Waals surface area contributed by atoms with E-state index < -0.39 is 0 Å². The fourth-order valence-corrected chi connectivity index (χ4v) is 4.50. The van der Waals surface area contributed by atoms with Gasteiger partial charge in [0.15, 0.2) is 0 Å². The molecule has 1 saturated heterocycles. The molecule has 3 rings (SSSR count). The van der Waals surface area contributed by atoms with Gasteiger partial charge in [-0.3, -0.25) is 0 Å². The number of hydrogen-bond donors (Lipinski definition) is 1. The highest BCUT2D eigenvalue weighted by molar-refractivity contribution is 4.99. The van der Waals surface area contributed by atoms with Gasteiger partial charge in [-0.25, -0.2) is 0 Å². The Balaban J connectivity index is 1.57. The van der Waals surface area contributed by atoms with Crippen LogP contribution in [0.4, 0.5) is 0 Å². The Morgan fingerprint density at radius 3 is 2.53 bits per heavy atom. The lowest BCUT2D eigenvalue weighted by Crippen LogP contribution is -2.41. The van der Waals surface area contributed by atoms with E-state index in [-0.39, 0.29) is 11.1 Å². The van der Waals surface area contributed by atoms with Crippen LogP contribution in [0.2, 0.25) is 0 Å². The van der Waals surface area contributed by atoms with E-state index in [9.17, 15) is 0 Å². The summed E-state index contributed by atoms with van der Waals surface area (Å²) >= 11 is 0. The van der Waals surface area contributed by atoms with Crippen molar-refractivity contribution >= 4 is 0 Å². The first kappa shape index (κ1) is 12.0. The Morgan fingerprint density at radius 1 is 1.12 bits per heavy atom. The molecular formula is C15H27NO. The summed E-state index contributed by atoms with van der Waals surface area (Å²) in [4.78, 5) is 0. The molecule has 0 bridgehead atoms. The van der Waals surface area contributed by atoms with Gasteiger partial charge in [0.05, 0.1) is 11.7 Å². The second-order valence-corrected chi connectivity index (χ2v) is 7.08. The molecule has 2 aliphatic carbocycles. The Hall–Kier alpha value is -0.0800. The van der Waals surface area contributed by atoms with Crippen molar-refractivity contribution in [3.05, 3.63) is 0 Å². The highest BCUT2D eigenvalue weighted by atomic mass is 16.5. The van der Waals surface area contributed by atoms with E-state index in [1.165, 1.54) is 57.8 Å². The van der Waals surface area contributed by atoms with Crippen molar-refractivity contribution in [3.63, 3.8) is 0 Å². The zero-order valence-corrected chi connectivity index (χ0v) is 11.2. The van der Waals surface area contributed by atoms with Crippen molar-refractivity contribution in [1.29, 1.82) is 0 Å². The first-order valence-corrected chi connectivity index (χ1v) is 7.56. The molecule has 3 atom stereocenters. The molecule has 2 saturated carbocycles. The van der Waals surface area contributed by atoms with Crippen LogP contribution in [0.15, 0.2) is 0 Å².